The molecule has 1 aromatic carbocycles. The van der Waals surface area contributed by atoms with E-state index in [1.54, 1.807) is 0 Å². The van der Waals surface area contributed by atoms with Crippen molar-refractivity contribution in [3.63, 3.8) is 0 Å². The Labute approximate surface area is 91.9 Å². The van der Waals surface area contributed by atoms with Crippen LogP contribution in [-0.4, -0.2) is 25.3 Å². The van der Waals surface area contributed by atoms with E-state index < -0.39 is 0 Å². The number of rotatable bonds is 4. The molecule has 0 N–H and O–H groups in total. The predicted octanol–water partition coefficient (Wildman–Crippen LogP) is 2.43. The number of carbonyl (C=O) groups excluding carboxylic acids is 1. The summed E-state index contributed by atoms with van der Waals surface area (Å²) >= 11 is 0. The minimum atomic E-state index is 0.0164. The van der Waals surface area contributed by atoms with Crippen molar-refractivity contribution >= 4 is 6.29 Å². The van der Waals surface area contributed by atoms with Crippen molar-refractivity contribution in [1.29, 1.82) is 0 Å². The van der Waals surface area contributed by atoms with Crippen molar-refractivity contribution in [2.75, 3.05) is 14.1 Å². The number of hydrogen-bond donors (Lipinski definition) is 0. The molecule has 0 aromatic heterocycles. The third-order valence-electron chi connectivity index (χ3n) is 2.69. The molecule has 0 aliphatic carbocycles. The normalized spacial score (nSPS) is 15.0. The number of benzene rings is 1. The summed E-state index contributed by atoms with van der Waals surface area (Å²) in [5, 5.41) is 0. The highest BCUT2D eigenvalue weighted by molar-refractivity contribution is 5.55. The monoisotopic (exact) mass is 205 g/mol. The third kappa shape index (κ3) is 2.90. The summed E-state index contributed by atoms with van der Waals surface area (Å²) in [5.74, 6) is 0.0164. The topological polar surface area (TPSA) is 20.3 Å². The molecule has 0 saturated heterocycles. The zero-order chi connectivity index (χ0) is 11.4. The molecule has 0 aliphatic heterocycles. The molecule has 15 heavy (non-hydrogen) atoms. The molecule has 0 bridgehead atoms. The minimum absolute atomic E-state index is 0.0164. The fraction of sp³-hybridized carbons (Fsp3) is 0.462. The summed E-state index contributed by atoms with van der Waals surface area (Å²) < 4.78 is 0. The summed E-state index contributed by atoms with van der Waals surface area (Å²) in [4.78, 5) is 13.0. The van der Waals surface area contributed by atoms with Crippen LogP contribution in [0.25, 0.3) is 0 Å². The first-order chi connectivity index (χ1) is 7.06. The number of carbonyl (C=O) groups is 1. The Morgan fingerprint density at radius 1 is 1.20 bits per heavy atom. The largest absolute Gasteiger partial charge is 0.303 e. The molecule has 1 rings (SSSR count). The number of aryl methyl sites for hydroxylation is 1. The van der Waals surface area contributed by atoms with E-state index in [1.165, 1.54) is 11.1 Å². The summed E-state index contributed by atoms with van der Waals surface area (Å²) in [6, 6.07) is 8.54. The van der Waals surface area contributed by atoms with Crippen LogP contribution in [0.3, 0.4) is 0 Å². The molecule has 2 heteroatoms. The van der Waals surface area contributed by atoms with Crippen LogP contribution in [-0.2, 0) is 4.79 Å². The van der Waals surface area contributed by atoms with Gasteiger partial charge in [-0.2, -0.15) is 0 Å². The molecular weight excluding hydrogens is 186 g/mol. The van der Waals surface area contributed by atoms with Gasteiger partial charge < -0.3 is 9.69 Å². The van der Waals surface area contributed by atoms with Crippen molar-refractivity contribution in [2.24, 2.45) is 5.92 Å². The second-order valence-corrected chi connectivity index (χ2v) is 4.31. The summed E-state index contributed by atoms with van der Waals surface area (Å²) in [6.07, 6.45) is 1.02. The Bertz CT molecular complexity index is 316. The summed E-state index contributed by atoms with van der Waals surface area (Å²) in [6.45, 7) is 4.02. The predicted molar refractivity (Wildman–Crippen MR) is 62.8 cm³/mol. The van der Waals surface area contributed by atoms with Crippen LogP contribution in [0.4, 0.5) is 0 Å². The van der Waals surface area contributed by atoms with Gasteiger partial charge in [-0.05, 0) is 26.6 Å². The van der Waals surface area contributed by atoms with Gasteiger partial charge in [0.2, 0.25) is 0 Å². The molecular formula is C13H19NO. The van der Waals surface area contributed by atoms with E-state index in [4.69, 9.17) is 0 Å². The van der Waals surface area contributed by atoms with Crippen molar-refractivity contribution in [3.05, 3.63) is 35.4 Å². The number of nitrogens with zero attached hydrogens (tertiary/aromatic N) is 1. The second-order valence-electron chi connectivity index (χ2n) is 4.31. The van der Waals surface area contributed by atoms with Crippen LogP contribution in [0.2, 0.25) is 0 Å². The van der Waals surface area contributed by atoms with E-state index in [0.717, 1.165) is 6.29 Å². The first kappa shape index (κ1) is 11.9. The van der Waals surface area contributed by atoms with Gasteiger partial charge in [0.15, 0.2) is 0 Å². The van der Waals surface area contributed by atoms with E-state index >= 15 is 0 Å². The first-order valence-corrected chi connectivity index (χ1v) is 5.24. The molecule has 0 saturated carbocycles. The fourth-order valence-electron chi connectivity index (χ4n) is 1.91. The molecule has 0 spiro atoms. The maximum atomic E-state index is 10.9. The lowest BCUT2D eigenvalue weighted by molar-refractivity contribution is -0.112. The van der Waals surface area contributed by atoms with Crippen molar-refractivity contribution in [2.45, 2.75) is 19.9 Å². The maximum Gasteiger partial charge on any atom is 0.124 e. The lowest BCUT2D eigenvalue weighted by Crippen LogP contribution is -2.26. The molecule has 2 atom stereocenters. The van der Waals surface area contributed by atoms with Crippen LogP contribution in [0.15, 0.2) is 24.3 Å². The SMILES string of the molecule is Cc1ccc(C(C(C)C=O)N(C)C)cc1. The average molecular weight is 205 g/mol. The maximum absolute atomic E-state index is 10.9. The van der Waals surface area contributed by atoms with Gasteiger partial charge in [-0.1, -0.05) is 36.8 Å². The van der Waals surface area contributed by atoms with Crippen molar-refractivity contribution in [1.82, 2.24) is 4.90 Å². The highest BCUT2D eigenvalue weighted by Gasteiger charge is 2.20. The molecule has 2 unspecified atom stereocenters. The zero-order valence-corrected chi connectivity index (χ0v) is 9.90. The number of hydrogen-bond acceptors (Lipinski definition) is 2. The molecule has 0 heterocycles. The molecule has 0 fully saturated rings. The highest BCUT2D eigenvalue weighted by Crippen LogP contribution is 2.25. The Morgan fingerprint density at radius 3 is 2.13 bits per heavy atom. The fourth-order valence-corrected chi connectivity index (χ4v) is 1.91. The Balaban J connectivity index is 2.99. The Hall–Kier alpha value is -1.15. The van der Waals surface area contributed by atoms with Gasteiger partial charge in [0, 0.05) is 12.0 Å². The van der Waals surface area contributed by atoms with E-state index in [2.05, 4.69) is 36.1 Å². The average Bonchev–Trinajstić information content (AvgIpc) is 2.20. The Kier molecular flexibility index (Phi) is 4.04. The summed E-state index contributed by atoms with van der Waals surface area (Å²) in [5.41, 5.74) is 2.44. The molecule has 0 radical (unpaired) electrons. The van der Waals surface area contributed by atoms with Crippen LogP contribution in [0.1, 0.15) is 24.1 Å². The molecule has 0 amide bonds. The summed E-state index contributed by atoms with van der Waals surface area (Å²) in [7, 11) is 4.01. The van der Waals surface area contributed by atoms with E-state index in [-0.39, 0.29) is 12.0 Å². The molecule has 82 valence electrons. The molecule has 1 aromatic rings. The van der Waals surface area contributed by atoms with E-state index in [9.17, 15) is 4.79 Å². The first-order valence-electron chi connectivity index (χ1n) is 5.24. The van der Waals surface area contributed by atoms with Crippen molar-refractivity contribution < 1.29 is 4.79 Å². The van der Waals surface area contributed by atoms with Crippen LogP contribution in [0, 0.1) is 12.8 Å². The third-order valence-corrected chi connectivity index (χ3v) is 2.69. The second kappa shape index (κ2) is 5.08. The van der Waals surface area contributed by atoms with Gasteiger partial charge in [0.25, 0.3) is 0 Å². The van der Waals surface area contributed by atoms with Gasteiger partial charge in [-0.25, -0.2) is 0 Å². The van der Waals surface area contributed by atoms with Crippen molar-refractivity contribution in [3.8, 4) is 0 Å². The zero-order valence-electron chi connectivity index (χ0n) is 9.90. The lowest BCUT2D eigenvalue weighted by atomic mass is 9.94. The van der Waals surface area contributed by atoms with E-state index in [1.807, 2.05) is 21.0 Å². The van der Waals surface area contributed by atoms with Crippen LogP contribution < -0.4 is 0 Å². The smallest absolute Gasteiger partial charge is 0.124 e. The minimum Gasteiger partial charge on any atom is -0.303 e. The standard InChI is InChI=1S/C13H19NO/c1-10-5-7-12(8-6-10)13(14(3)4)11(2)9-15/h5-9,11,13H,1-4H3. The Morgan fingerprint density at radius 2 is 1.73 bits per heavy atom. The van der Waals surface area contributed by atoms with Crippen LogP contribution in [0.5, 0.6) is 0 Å². The van der Waals surface area contributed by atoms with Gasteiger partial charge >= 0.3 is 0 Å². The van der Waals surface area contributed by atoms with Gasteiger partial charge in [0.05, 0.1) is 0 Å². The van der Waals surface area contributed by atoms with Crippen LogP contribution >= 0.6 is 0 Å². The van der Waals surface area contributed by atoms with Gasteiger partial charge in [-0.15, -0.1) is 0 Å². The van der Waals surface area contributed by atoms with E-state index in [0.29, 0.717) is 0 Å². The lowest BCUT2D eigenvalue weighted by Gasteiger charge is -2.27. The quantitative estimate of drug-likeness (QED) is 0.704. The van der Waals surface area contributed by atoms with Gasteiger partial charge in [-0.3, -0.25) is 0 Å². The number of aldehydes is 1. The highest BCUT2D eigenvalue weighted by atomic mass is 16.1. The van der Waals surface area contributed by atoms with Gasteiger partial charge in [0.1, 0.15) is 6.29 Å². The molecule has 0 aliphatic rings. The molecule has 2 nitrogen and oxygen atoms in total.